The molecule has 0 fully saturated rings. The molecule has 0 spiro atoms. The third kappa shape index (κ3) is 4.58. The van der Waals surface area contributed by atoms with Gasteiger partial charge in [-0.15, -0.1) is 10.2 Å². The zero-order valence-electron chi connectivity index (χ0n) is 12.1. The Morgan fingerprint density at radius 2 is 2.00 bits per heavy atom. The molecule has 1 aromatic carbocycles. The fourth-order valence-corrected chi connectivity index (χ4v) is 3.49. The van der Waals surface area contributed by atoms with Gasteiger partial charge in [-0.3, -0.25) is 4.79 Å². The average molecular weight is 362 g/mol. The zero-order chi connectivity index (χ0) is 17.0. The maximum absolute atomic E-state index is 12.9. The minimum Gasteiger partial charge on any atom is -0.363 e. The summed E-state index contributed by atoms with van der Waals surface area (Å²) in [6, 6.07) is 4.86. The van der Waals surface area contributed by atoms with Crippen LogP contribution in [-0.4, -0.2) is 28.4 Å². The first-order valence-corrected chi connectivity index (χ1v) is 8.16. The van der Waals surface area contributed by atoms with Gasteiger partial charge in [-0.25, -0.2) is 0 Å². The summed E-state index contributed by atoms with van der Waals surface area (Å²) in [5.74, 6) is -0.534. The highest BCUT2D eigenvalue weighted by molar-refractivity contribution is 8.02. The first-order chi connectivity index (χ1) is 10.8. The van der Waals surface area contributed by atoms with Crippen molar-refractivity contribution in [2.75, 3.05) is 17.7 Å². The monoisotopic (exact) mass is 362 g/mol. The van der Waals surface area contributed by atoms with Gasteiger partial charge in [0.1, 0.15) is 0 Å². The summed E-state index contributed by atoms with van der Waals surface area (Å²) >= 11 is 2.39. The van der Waals surface area contributed by atoms with E-state index < -0.39 is 22.9 Å². The molecule has 0 aliphatic rings. The summed E-state index contributed by atoms with van der Waals surface area (Å²) in [4.78, 5) is 12.1. The molecule has 2 aromatic rings. The lowest BCUT2D eigenvalue weighted by molar-refractivity contribution is -0.137. The molecular weight excluding hydrogens is 349 g/mol. The number of halogens is 3. The highest BCUT2D eigenvalue weighted by atomic mass is 32.2. The minimum atomic E-state index is -4.53. The Morgan fingerprint density at radius 1 is 1.30 bits per heavy atom. The molecule has 0 radical (unpaired) electrons. The summed E-state index contributed by atoms with van der Waals surface area (Å²) in [5, 5.41) is 12.8. The van der Waals surface area contributed by atoms with Crippen molar-refractivity contribution in [2.45, 2.75) is 22.7 Å². The van der Waals surface area contributed by atoms with Crippen LogP contribution in [0.15, 0.2) is 28.6 Å². The van der Waals surface area contributed by atoms with Gasteiger partial charge < -0.3 is 10.6 Å². The van der Waals surface area contributed by atoms with Gasteiger partial charge in [0.15, 0.2) is 4.34 Å². The van der Waals surface area contributed by atoms with Gasteiger partial charge in [-0.2, -0.15) is 13.2 Å². The predicted octanol–water partition coefficient (Wildman–Crippen LogP) is 3.72. The Bertz CT molecular complexity index is 690. The van der Waals surface area contributed by atoms with Crippen molar-refractivity contribution in [1.29, 1.82) is 0 Å². The Morgan fingerprint density at radius 3 is 2.61 bits per heavy atom. The molecule has 1 aromatic heterocycles. The average Bonchev–Trinajstić information content (AvgIpc) is 2.94. The lowest BCUT2D eigenvalue weighted by Crippen LogP contribution is -2.24. The van der Waals surface area contributed by atoms with Crippen molar-refractivity contribution in [3.8, 4) is 0 Å². The topological polar surface area (TPSA) is 66.9 Å². The Hall–Kier alpha value is -1.81. The second-order valence-electron chi connectivity index (χ2n) is 4.42. The molecule has 10 heteroatoms. The van der Waals surface area contributed by atoms with Gasteiger partial charge in [0.2, 0.25) is 11.0 Å². The maximum Gasteiger partial charge on any atom is 0.418 e. The number of thioether (sulfide) groups is 1. The van der Waals surface area contributed by atoms with Crippen LogP contribution in [0.5, 0.6) is 0 Å². The number of hydrogen-bond acceptors (Lipinski definition) is 6. The van der Waals surface area contributed by atoms with Crippen LogP contribution < -0.4 is 10.6 Å². The van der Waals surface area contributed by atoms with E-state index in [1.54, 1.807) is 14.0 Å². The first-order valence-electron chi connectivity index (χ1n) is 6.46. The van der Waals surface area contributed by atoms with Crippen LogP contribution in [0.4, 0.5) is 24.0 Å². The number of rotatable bonds is 5. The molecule has 1 heterocycles. The number of anilines is 2. The molecule has 0 aliphatic heterocycles. The molecule has 0 saturated carbocycles. The van der Waals surface area contributed by atoms with E-state index >= 15 is 0 Å². The van der Waals surface area contributed by atoms with E-state index in [0.29, 0.717) is 9.47 Å². The van der Waals surface area contributed by atoms with E-state index in [2.05, 4.69) is 20.8 Å². The van der Waals surface area contributed by atoms with Crippen molar-refractivity contribution in [1.82, 2.24) is 10.2 Å². The fourth-order valence-electron chi connectivity index (χ4n) is 1.64. The van der Waals surface area contributed by atoms with Crippen molar-refractivity contribution >= 4 is 39.8 Å². The van der Waals surface area contributed by atoms with Crippen molar-refractivity contribution in [2.24, 2.45) is 0 Å². The first kappa shape index (κ1) is 17.5. The van der Waals surface area contributed by atoms with Crippen molar-refractivity contribution in [3.63, 3.8) is 0 Å². The van der Waals surface area contributed by atoms with Crippen LogP contribution in [0.1, 0.15) is 12.5 Å². The Labute approximate surface area is 138 Å². The third-order valence-electron chi connectivity index (χ3n) is 2.76. The van der Waals surface area contributed by atoms with Gasteiger partial charge >= 0.3 is 6.18 Å². The third-order valence-corrected chi connectivity index (χ3v) is 4.88. The van der Waals surface area contributed by atoms with E-state index in [9.17, 15) is 18.0 Å². The molecule has 0 saturated heterocycles. The lowest BCUT2D eigenvalue weighted by Gasteiger charge is -2.15. The van der Waals surface area contributed by atoms with E-state index in [1.807, 2.05) is 0 Å². The number of carbonyl (C=O) groups excluding carboxylic acids is 1. The van der Waals surface area contributed by atoms with Crippen LogP contribution >= 0.6 is 23.1 Å². The molecule has 2 rings (SSSR count). The molecule has 0 bridgehead atoms. The van der Waals surface area contributed by atoms with Gasteiger partial charge in [-0.05, 0) is 19.1 Å². The SMILES string of the molecule is CNc1nnc(S[C@@H](C)C(=O)Nc2ccccc2C(F)(F)F)s1. The van der Waals surface area contributed by atoms with E-state index in [0.717, 1.165) is 17.8 Å². The molecule has 23 heavy (non-hydrogen) atoms. The predicted molar refractivity (Wildman–Crippen MR) is 84.8 cm³/mol. The number of nitrogens with zero attached hydrogens (tertiary/aromatic N) is 2. The smallest absolute Gasteiger partial charge is 0.363 e. The quantitative estimate of drug-likeness (QED) is 0.794. The summed E-state index contributed by atoms with van der Waals surface area (Å²) in [6.45, 7) is 1.59. The van der Waals surface area contributed by atoms with Crippen molar-refractivity contribution < 1.29 is 18.0 Å². The molecule has 1 amide bonds. The molecule has 124 valence electrons. The maximum atomic E-state index is 12.9. The number of nitrogens with one attached hydrogen (secondary N) is 2. The van der Waals surface area contributed by atoms with E-state index in [4.69, 9.17) is 0 Å². The number of para-hydroxylation sites is 1. The van der Waals surface area contributed by atoms with Crippen LogP contribution in [0.3, 0.4) is 0 Å². The molecule has 1 atom stereocenters. The summed E-state index contributed by atoms with van der Waals surface area (Å²) < 4.78 is 39.3. The highest BCUT2D eigenvalue weighted by Crippen LogP contribution is 2.35. The highest BCUT2D eigenvalue weighted by Gasteiger charge is 2.34. The van der Waals surface area contributed by atoms with Gasteiger partial charge in [0.25, 0.3) is 0 Å². The summed E-state index contributed by atoms with van der Waals surface area (Å²) in [6.07, 6.45) is -4.53. The number of carbonyl (C=O) groups is 1. The van der Waals surface area contributed by atoms with E-state index in [-0.39, 0.29) is 5.69 Å². The largest absolute Gasteiger partial charge is 0.418 e. The van der Waals surface area contributed by atoms with Gasteiger partial charge in [0, 0.05) is 7.05 Å². The lowest BCUT2D eigenvalue weighted by atomic mass is 10.1. The van der Waals surface area contributed by atoms with Crippen molar-refractivity contribution in [3.05, 3.63) is 29.8 Å². The number of alkyl halides is 3. The summed E-state index contributed by atoms with van der Waals surface area (Å²) in [5.41, 5.74) is -1.13. The second-order valence-corrected chi connectivity index (χ2v) is 6.98. The number of amides is 1. The fraction of sp³-hybridized carbons (Fsp3) is 0.308. The molecular formula is C13H13F3N4OS2. The number of benzene rings is 1. The van der Waals surface area contributed by atoms with Gasteiger partial charge in [-0.1, -0.05) is 35.2 Å². The van der Waals surface area contributed by atoms with Crippen LogP contribution in [0, 0.1) is 0 Å². The Kier molecular flexibility index (Phi) is 5.47. The van der Waals surface area contributed by atoms with Crippen LogP contribution in [0.25, 0.3) is 0 Å². The van der Waals surface area contributed by atoms with Gasteiger partial charge in [0.05, 0.1) is 16.5 Å². The Balaban J connectivity index is 2.07. The van der Waals surface area contributed by atoms with E-state index in [1.165, 1.54) is 29.5 Å². The molecule has 5 nitrogen and oxygen atoms in total. The minimum absolute atomic E-state index is 0.259. The number of aromatic nitrogens is 2. The zero-order valence-corrected chi connectivity index (χ0v) is 13.8. The second kappa shape index (κ2) is 7.18. The molecule has 2 N–H and O–H groups in total. The van der Waals surface area contributed by atoms with Crippen LogP contribution in [0.2, 0.25) is 0 Å². The number of hydrogen-bond donors (Lipinski definition) is 2. The van der Waals surface area contributed by atoms with Crippen LogP contribution in [-0.2, 0) is 11.0 Å². The standard InChI is InChI=1S/C13H13F3N4OS2/c1-7(22-12-20-19-11(17-2)23-12)10(21)18-9-6-4-3-5-8(9)13(14,15)16/h3-7H,1-2H3,(H,17,19)(H,18,21)/t7-/m0/s1. The normalized spacial score (nSPS) is 12.7. The molecule has 0 aliphatic carbocycles. The molecule has 0 unspecified atom stereocenters. The summed E-state index contributed by atoms with van der Waals surface area (Å²) in [7, 11) is 1.69.